The predicted molar refractivity (Wildman–Crippen MR) is 102 cm³/mol. The third-order valence-electron chi connectivity index (χ3n) is 4.37. The van der Waals surface area contributed by atoms with Crippen molar-refractivity contribution in [1.82, 2.24) is 30.2 Å². The summed E-state index contributed by atoms with van der Waals surface area (Å²) in [6.07, 6.45) is 0. The number of aryl methyl sites for hydroxylation is 3. The van der Waals surface area contributed by atoms with Crippen LogP contribution in [-0.4, -0.2) is 32.7 Å². The highest BCUT2D eigenvalue weighted by molar-refractivity contribution is 5.74. The summed E-state index contributed by atoms with van der Waals surface area (Å²) in [7, 11) is 1.62. The summed E-state index contributed by atoms with van der Waals surface area (Å²) in [4.78, 5) is 16.7. The number of urea groups is 1. The number of carbonyl (C=O) groups excluding carboxylic acids is 1. The van der Waals surface area contributed by atoms with Crippen molar-refractivity contribution < 1.29 is 9.53 Å². The normalized spacial score (nSPS) is 12.0. The number of fused-ring (bicyclic) bond motifs is 1. The Morgan fingerprint density at radius 2 is 2.00 bits per heavy atom. The Balaban J connectivity index is 1.68. The van der Waals surface area contributed by atoms with Crippen molar-refractivity contribution in [1.29, 1.82) is 0 Å². The van der Waals surface area contributed by atoms with Gasteiger partial charge in [0.1, 0.15) is 5.75 Å². The molecule has 2 amide bonds. The van der Waals surface area contributed by atoms with Gasteiger partial charge < -0.3 is 15.4 Å². The molecule has 3 aromatic rings. The van der Waals surface area contributed by atoms with Gasteiger partial charge in [-0.05, 0) is 39.8 Å². The summed E-state index contributed by atoms with van der Waals surface area (Å²) < 4.78 is 7.23. The maximum atomic E-state index is 12.3. The molecule has 1 atom stereocenters. The highest BCUT2D eigenvalue weighted by atomic mass is 16.5. The fourth-order valence-corrected chi connectivity index (χ4v) is 3.09. The Labute approximate surface area is 158 Å². The first-order valence-electron chi connectivity index (χ1n) is 8.76. The number of carbonyl (C=O) groups is 1. The number of amides is 2. The molecule has 142 valence electrons. The van der Waals surface area contributed by atoms with E-state index in [0.29, 0.717) is 11.6 Å². The van der Waals surface area contributed by atoms with Gasteiger partial charge in [-0.15, -0.1) is 10.2 Å². The average Bonchev–Trinajstić information content (AvgIpc) is 3.03. The molecular weight excluding hydrogens is 344 g/mol. The van der Waals surface area contributed by atoms with Gasteiger partial charge in [-0.1, -0.05) is 17.7 Å². The van der Waals surface area contributed by atoms with Crippen LogP contribution >= 0.6 is 0 Å². The molecule has 0 fully saturated rings. The third-order valence-corrected chi connectivity index (χ3v) is 4.37. The average molecular weight is 368 g/mol. The van der Waals surface area contributed by atoms with E-state index in [4.69, 9.17) is 4.74 Å². The molecule has 3 rings (SSSR count). The van der Waals surface area contributed by atoms with E-state index in [1.807, 2.05) is 56.4 Å². The molecule has 1 unspecified atom stereocenters. The molecule has 8 nitrogen and oxygen atoms in total. The number of benzene rings is 1. The number of hydrogen-bond acceptors (Lipinski definition) is 5. The molecule has 2 heterocycles. The second-order valence-electron chi connectivity index (χ2n) is 6.58. The van der Waals surface area contributed by atoms with Gasteiger partial charge in [0.2, 0.25) is 0 Å². The Morgan fingerprint density at radius 1 is 1.22 bits per heavy atom. The van der Waals surface area contributed by atoms with Crippen molar-refractivity contribution in [2.45, 2.75) is 40.3 Å². The molecule has 0 aliphatic heterocycles. The molecule has 2 N–H and O–H groups in total. The molecule has 0 saturated carbocycles. The molecule has 27 heavy (non-hydrogen) atoms. The van der Waals surface area contributed by atoms with Crippen LogP contribution in [0.2, 0.25) is 0 Å². The van der Waals surface area contributed by atoms with E-state index in [-0.39, 0.29) is 18.6 Å². The minimum Gasteiger partial charge on any atom is -0.496 e. The maximum absolute atomic E-state index is 12.3. The third kappa shape index (κ3) is 3.99. The second kappa shape index (κ2) is 7.61. The van der Waals surface area contributed by atoms with Crippen LogP contribution in [0.5, 0.6) is 5.75 Å². The van der Waals surface area contributed by atoms with Gasteiger partial charge in [0.15, 0.2) is 5.82 Å². The molecule has 1 aromatic carbocycles. The number of nitrogens with zero attached hydrogens (tertiary/aromatic N) is 4. The standard InChI is InChI=1S/C19H24N6O2/c1-11-6-7-16(27-5)15(8-11)14(4)22-19(26)20-10-17-23-24-18-21-12(2)9-13(3)25(17)18/h6-9,14H,10H2,1-5H3,(H2,20,22,26). The summed E-state index contributed by atoms with van der Waals surface area (Å²) >= 11 is 0. The van der Waals surface area contributed by atoms with Crippen molar-refractivity contribution in [3.05, 3.63) is 52.6 Å². The van der Waals surface area contributed by atoms with E-state index in [2.05, 4.69) is 25.8 Å². The van der Waals surface area contributed by atoms with Crippen LogP contribution in [0.3, 0.4) is 0 Å². The van der Waals surface area contributed by atoms with Crippen LogP contribution in [0.1, 0.15) is 41.3 Å². The summed E-state index contributed by atoms with van der Waals surface area (Å²) in [6, 6.07) is 7.34. The van der Waals surface area contributed by atoms with Gasteiger partial charge in [-0.25, -0.2) is 9.78 Å². The minimum absolute atomic E-state index is 0.207. The zero-order valence-electron chi connectivity index (χ0n) is 16.2. The highest BCUT2D eigenvalue weighted by Gasteiger charge is 2.15. The molecule has 0 aliphatic rings. The van der Waals surface area contributed by atoms with E-state index in [0.717, 1.165) is 28.3 Å². The maximum Gasteiger partial charge on any atom is 0.315 e. The molecule has 0 aliphatic carbocycles. The molecule has 0 spiro atoms. The fourth-order valence-electron chi connectivity index (χ4n) is 3.09. The second-order valence-corrected chi connectivity index (χ2v) is 6.58. The van der Waals surface area contributed by atoms with Gasteiger partial charge in [-0.2, -0.15) is 0 Å². The number of aromatic nitrogens is 4. The van der Waals surface area contributed by atoms with Gasteiger partial charge in [-0.3, -0.25) is 4.40 Å². The molecule has 0 radical (unpaired) electrons. The smallest absolute Gasteiger partial charge is 0.315 e. The Hall–Kier alpha value is -3.16. The minimum atomic E-state index is -0.291. The highest BCUT2D eigenvalue weighted by Crippen LogP contribution is 2.25. The van der Waals surface area contributed by atoms with E-state index >= 15 is 0 Å². The Bertz CT molecular complexity index is 982. The molecular formula is C19H24N6O2. The van der Waals surface area contributed by atoms with Gasteiger partial charge in [0, 0.05) is 17.0 Å². The summed E-state index contributed by atoms with van der Waals surface area (Å²) in [6.45, 7) is 8.04. The van der Waals surface area contributed by atoms with Gasteiger partial charge >= 0.3 is 6.03 Å². The SMILES string of the molecule is COc1ccc(C)cc1C(C)NC(=O)NCc1nnc2nc(C)cc(C)n12. The van der Waals surface area contributed by atoms with Crippen molar-refractivity contribution in [2.24, 2.45) is 0 Å². The van der Waals surface area contributed by atoms with E-state index in [1.165, 1.54) is 0 Å². The first-order valence-corrected chi connectivity index (χ1v) is 8.76. The van der Waals surface area contributed by atoms with Crippen LogP contribution in [0.15, 0.2) is 24.3 Å². The van der Waals surface area contributed by atoms with Gasteiger partial charge in [0.25, 0.3) is 5.78 Å². The lowest BCUT2D eigenvalue weighted by Crippen LogP contribution is -2.37. The summed E-state index contributed by atoms with van der Waals surface area (Å²) in [5.74, 6) is 1.91. The Morgan fingerprint density at radius 3 is 2.74 bits per heavy atom. The lowest BCUT2D eigenvalue weighted by molar-refractivity contribution is 0.237. The van der Waals surface area contributed by atoms with Crippen LogP contribution < -0.4 is 15.4 Å². The zero-order chi connectivity index (χ0) is 19.6. The van der Waals surface area contributed by atoms with Crippen molar-refractivity contribution in [3.8, 4) is 5.75 Å². The van der Waals surface area contributed by atoms with Crippen molar-refractivity contribution in [2.75, 3.05) is 7.11 Å². The fraction of sp³-hybridized carbons (Fsp3) is 0.368. The molecule has 0 bridgehead atoms. The number of methoxy groups -OCH3 is 1. The predicted octanol–water partition coefficient (Wildman–Crippen LogP) is 2.62. The number of hydrogen-bond donors (Lipinski definition) is 2. The quantitative estimate of drug-likeness (QED) is 0.722. The van der Waals surface area contributed by atoms with Crippen molar-refractivity contribution in [3.63, 3.8) is 0 Å². The lowest BCUT2D eigenvalue weighted by atomic mass is 10.0. The van der Waals surface area contributed by atoms with Crippen LogP contribution in [0.4, 0.5) is 4.79 Å². The van der Waals surface area contributed by atoms with Gasteiger partial charge in [0.05, 0.1) is 19.7 Å². The van der Waals surface area contributed by atoms with Crippen LogP contribution in [-0.2, 0) is 6.54 Å². The molecule has 0 saturated heterocycles. The van der Waals surface area contributed by atoms with Crippen LogP contribution in [0, 0.1) is 20.8 Å². The van der Waals surface area contributed by atoms with E-state index in [9.17, 15) is 4.79 Å². The summed E-state index contributed by atoms with van der Waals surface area (Å²) in [5.41, 5.74) is 3.88. The van der Waals surface area contributed by atoms with E-state index < -0.39 is 0 Å². The lowest BCUT2D eigenvalue weighted by Gasteiger charge is -2.18. The van der Waals surface area contributed by atoms with Crippen molar-refractivity contribution >= 4 is 11.8 Å². The first-order chi connectivity index (χ1) is 12.9. The monoisotopic (exact) mass is 368 g/mol. The van der Waals surface area contributed by atoms with E-state index in [1.54, 1.807) is 7.11 Å². The topological polar surface area (TPSA) is 93.4 Å². The molecule has 2 aromatic heterocycles. The summed E-state index contributed by atoms with van der Waals surface area (Å²) in [5, 5.41) is 14.0. The van der Waals surface area contributed by atoms with Crippen LogP contribution in [0.25, 0.3) is 5.78 Å². The number of ether oxygens (including phenoxy) is 1. The zero-order valence-corrected chi connectivity index (χ0v) is 16.2. The first kappa shape index (κ1) is 18.6. The Kier molecular flexibility index (Phi) is 5.25. The largest absolute Gasteiger partial charge is 0.496 e. The number of rotatable bonds is 5. The molecule has 8 heteroatoms. The number of nitrogens with one attached hydrogen (secondary N) is 2.